The van der Waals surface area contributed by atoms with Crippen LogP contribution in [0.25, 0.3) is 0 Å². The summed E-state index contributed by atoms with van der Waals surface area (Å²) in [4.78, 5) is 25.3. The summed E-state index contributed by atoms with van der Waals surface area (Å²) >= 11 is 11.9. The second-order valence-corrected chi connectivity index (χ2v) is 6.27. The molecule has 0 spiro atoms. The lowest BCUT2D eigenvalue weighted by Gasteiger charge is -2.21. The Morgan fingerprint density at radius 3 is 2.74 bits per heavy atom. The van der Waals surface area contributed by atoms with Gasteiger partial charge in [-0.05, 0) is 31.0 Å². The fourth-order valence-corrected chi connectivity index (χ4v) is 2.75. The maximum absolute atomic E-state index is 11.9. The lowest BCUT2D eigenvalue weighted by Crippen LogP contribution is -2.36. The van der Waals surface area contributed by atoms with Crippen LogP contribution in [0.2, 0.25) is 10.0 Å². The number of nitrogens with zero attached hydrogens (tertiary/aromatic N) is 1. The van der Waals surface area contributed by atoms with Gasteiger partial charge in [0.05, 0.1) is 16.1 Å². The molecule has 5 nitrogen and oxygen atoms in total. The van der Waals surface area contributed by atoms with Gasteiger partial charge in [0, 0.05) is 38.7 Å². The molecular weight excluding hydrogens is 339 g/mol. The maximum atomic E-state index is 11.9. The molecule has 126 valence electrons. The molecule has 1 unspecified atom stereocenters. The minimum absolute atomic E-state index is 0.105. The molecule has 0 aliphatic carbocycles. The third-order valence-corrected chi connectivity index (χ3v) is 4.45. The number of benzene rings is 1. The maximum Gasteiger partial charge on any atom is 0.223 e. The van der Waals surface area contributed by atoms with Crippen LogP contribution >= 0.6 is 23.2 Å². The van der Waals surface area contributed by atoms with E-state index in [4.69, 9.17) is 27.9 Å². The van der Waals surface area contributed by atoms with Gasteiger partial charge in [-0.2, -0.15) is 0 Å². The molecule has 1 N–H and O–H groups in total. The van der Waals surface area contributed by atoms with E-state index < -0.39 is 0 Å². The third kappa shape index (κ3) is 5.37. The van der Waals surface area contributed by atoms with E-state index in [0.29, 0.717) is 22.3 Å². The molecule has 1 aliphatic heterocycles. The lowest BCUT2D eigenvalue weighted by atomic mass is 10.2. The summed E-state index contributed by atoms with van der Waals surface area (Å²) in [5.41, 5.74) is 0.624. The van der Waals surface area contributed by atoms with Crippen molar-refractivity contribution in [2.75, 3.05) is 24.6 Å². The number of ether oxygens (including phenoxy) is 1. The Bertz CT molecular complexity index is 574. The normalized spacial score (nSPS) is 17.1. The summed E-state index contributed by atoms with van der Waals surface area (Å²) in [6.45, 7) is 3.01. The van der Waals surface area contributed by atoms with Gasteiger partial charge in [-0.1, -0.05) is 23.2 Å². The molecule has 0 saturated carbocycles. The molecule has 1 saturated heterocycles. The third-order valence-electron chi connectivity index (χ3n) is 3.71. The van der Waals surface area contributed by atoms with Crippen LogP contribution in [0.1, 0.15) is 26.2 Å². The zero-order valence-electron chi connectivity index (χ0n) is 13.0. The fourth-order valence-electron chi connectivity index (χ4n) is 2.46. The summed E-state index contributed by atoms with van der Waals surface area (Å²) in [6, 6.07) is 4.96. The first-order valence-corrected chi connectivity index (χ1v) is 8.34. The van der Waals surface area contributed by atoms with Gasteiger partial charge < -0.3 is 15.0 Å². The van der Waals surface area contributed by atoms with E-state index in [0.717, 1.165) is 19.4 Å². The molecule has 23 heavy (non-hydrogen) atoms. The standard InChI is InChI=1S/C16H20Cl2N2O3/c1-11(21)20(12-4-5-14(17)15(18)9-12)7-6-16(22)19-10-13-3-2-8-23-13/h4-5,9,13H,2-3,6-8,10H2,1H3,(H,19,22). The number of hydrogen-bond acceptors (Lipinski definition) is 3. The Kier molecular flexibility index (Phi) is 6.69. The number of amides is 2. The molecule has 1 fully saturated rings. The van der Waals surface area contributed by atoms with Crippen LogP contribution in [0.4, 0.5) is 5.69 Å². The highest BCUT2D eigenvalue weighted by Crippen LogP contribution is 2.27. The van der Waals surface area contributed by atoms with Crippen molar-refractivity contribution in [3.63, 3.8) is 0 Å². The van der Waals surface area contributed by atoms with Crippen molar-refractivity contribution in [1.29, 1.82) is 0 Å². The van der Waals surface area contributed by atoms with E-state index in [1.54, 1.807) is 18.2 Å². The number of hydrogen-bond donors (Lipinski definition) is 1. The van der Waals surface area contributed by atoms with Gasteiger partial charge in [0.15, 0.2) is 0 Å². The van der Waals surface area contributed by atoms with Gasteiger partial charge in [0.2, 0.25) is 11.8 Å². The van der Waals surface area contributed by atoms with Crippen LogP contribution in [0.15, 0.2) is 18.2 Å². The molecule has 1 aromatic carbocycles. The summed E-state index contributed by atoms with van der Waals surface area (Å²) in [6.07, 6.45) is 2.34. The summed E-state index contributed by atoms with van der Waals surface area (Å²) in [5, 5.41) is 3.64. The van der Waals surface area contributed by atoms with Gasteiger partial charge in [0.25, 0.3) is 0 Å². The van der Waals surface area contributed by atoms with Gasteiger partial charge in [-0.3, -0.25) is 9.59 Å². The average Bonchev–Trinajstić information content (AvgIpc) is 3.02. The second kappa shape index (κ2) is 8.52. The predicted molar refractivity (Wildman–Crippen MR) is 91.1 cm³/mol. The average molecular weight is 359 g/mol. The first kappa shape index (κ1) is 18.0. The highest BCUT2D eigenvalue weighted by molar-refractivity contribution is 6.42. The Labute approximate surface area is 145 Å². The van der Waals surface area contributed by atoms with Crippen molar-refractivity contribution in [3.05, 3.63) is 28.2 Å². The number of carbonyl (C=O) groups is 2. The Balaban J connectivity index is 1.87. The Hall–Kier alpha value is -1.30. The van der Waals surface area contributed by atoms with Crippen molar-refractivity contribution in [2.45, 2.75) is 32.3 Å². The lowest BCUT2D eigenvalue weighted by molar-refractivity contribution is -0.121. The zero-order chi connectivity index (χ0) is 16.8. The molecule has 0 radical (unpaired) electrons. The number of nitrogens with one attached hydrogen (secondary N) is 1. The number of carbonyl (C=O) groups excluding carboxylic acids is 2. The minimum atomic E-state index is -0.157. The van der Waals surface area contributed by atoms with Crippen LogP contribution in [0.5, 0.6) is 0 Å². The predicted octanol–water partition coefficient (Wildman–Crippen LogP) is 3.03. The number of halogens is 2. The van der Waals surface area contributed by atoms with Crippen molar-refractivity contribution in [2.24, 2.45) is 0 Å². The van der Waals surface area contributed by atoms with Crippen LogP contribution in [-0.4, -0.2) is 37.6 Å². The minimum Gasteiger partial charge on any atom is -0.376 e. The summed E-state index contributed by atoms with van der Waals surface area (Å²) in [7, 11) is 0. The topological polar surface area (TPSA) is 58.6 Å². The van der Waals surface area contributed by atoms with Crippen molar-refractivity contribution < 1.29 is 14.3 Å². The van der Waals surface area contributed by atoms with Gasteiger partial charge in [-0.15, -0.1) is 0 Å². The zero-order valence-corrected chi connectivity index (χ0v) is 14.5. The van der Waals surface area contributed by atoms with Crippen molar-refractivity contribution in [1.82, 2.24) is 5.32 Å². The number of rotatable bonds is 6. The molecule has 2 amide bonds. The molecule has 1 aliphatic rings. The highest BCUT2D eigenvalue weighted by atomic mass is 35.5. The highest BCUT2D eigenvalue weighted by Gasteiger charge is 2.18. The first-order valence-electron chi connectivity index (χ1n) is 7.59. The molecular formula is C16H20Cl2N2O3. The van der Waals surface area contributed by atoms with Crippen molar-refractivity contribution >= 4 is 40.7 Å². The molecule has 0 bridgehead atoms. The van der Waals surface area contributed by atoms with Crippen molar-refractivity contribution in [3.8, 4) is 0 Å². The van der Waals surface area contributed by atoms with Gasteiger partial charge >= 0.3 is 0 Å². The van der Waals surface area contributed by atoms with E-state index in [9.17, 15) is 9.59 Å². The molecule has 7 heteroatoms. The largest absolute Gasteiger partial charge is 0.376 e. The van der Waals surface area contributed by atoms with Crippen LogP contribution < -0.4 is 10.2 Å². The van der Waals surface area contributed by atoms with Gasteiger partial charge in [0.1, 0.15) is 0 Å². The summed E-state index contributed by atoms with van der Waals surface area (Å²) < 4.78 is 5.45. The second-order valence-electron chi connectivity index (χ2n) is 5.46. The van der Waals surface area contributed by atoms with E-state index in [-0.39, 0.29) is 30.9 Å². The van der Waals surface area contributed by atoms with Crippen LogP contribution in [0.3, 0.4) is 0 Å². The van der Waals surface area contributed by atoms with E-state index in [2.05, 4.69) is 5.32 Å². The van der Waals surface area contributed by atoms with Crippen LogP contribution in [0, 0.1) is 0 Å². The first-order chi connectivity index (χ1) is 11.0. The van der Waals surface area contributed by atoms with E-state index >= 15 is 0 Å². The monoisotopic (exact) mass is 358 g/mol. The quantitative estimate of drug-likeness (QED) is 0.850. The molecule has 2 rings (SSSR count). The van der Waals surface area contributed by atoms with Gasteiger partial charge in [-0.25, -0.2) is 0 Å². The Morgan fingerprint density at radius 1 is 1.35 bits per heavy atom. The smallest absolute Gasteiger partial charge is 0.223 e. The SMILES string of the molecule is CC(=O)N(CCC(=O)NCC1CCCO1)c1ccc(Cl)c(Cl)c1. The number of anilines is 1. The fraction of sp³-hybridized carbons (Fsp3) is 0.500. The van der Waals surface area contributed by atoms with E-state index in [1.165, 1.54) is 11.8 Å². The molecule has 0 aromatic heterocycles. The summed E-state index contributed by atoms with van der Waals surface area (Å²) in [5.74, 6) is -0.262. The Morgan fingerprint density at radius 2 is 2.13 bits per heavy atom. The molecule has 1 atom stereocenters. The van der Waals surface area contributed by atoms with Crippen LogP contribution in [-0.2, 0) is 14.3 Å². The molecule has 1 heterocycles. The van der Waals surface area contributed by atoms with E-state index in [1.807, 2.05) is 0 Å². The molecule has 1 aromatic rings.